The molecule has 1 heterocycles. The first kappa shape index (κ1) is 15.2. The van der Waals surface area contributed by atoms with Gasteiger partial charge in [-0.1, -0.05) is 22.9 Å². The summed E-state index contributed by atoms with van der Waals surface area (Å²) >= 11 is 11.7. The Morgan fingerprint density at radius 3 is 2.58 bits per heavy atom. The Balaban J connectivity index is 2.26. The van der Waals surface area contributed by atoms with Crippen LogP contribution in [0.25, 0.3) is 0 Å². The van der Waals surface area contributed by atoms with Crippen LogP contribution >= 0.6 is 59.1 Å². The van der Waals surface area contributed by atoms with Crippen LogP contribution in [0.4, 0.5) is 5.69 Å². The second-order valence-corrected chi connectivity index (χ2v) is 8.51. The number of hydrogen-bond donors (Lipinski definition) is 1. The molecule has 0 aliphatic carbocycles. The number of aryl methyl sites for hydroxylation is 1. The van der Waals surface area contributed by atoms with Crippen LogP contribution in [-0.4, -0.2) is 5.91 Å². The first-order valence-electron chi connectivity index (χ1n) is 5.56. The normalized spacial score (nSPS) is 10.5. The van der Waals surface area contributed by atoms with Gasteiger partial charge in [0.2, 0.25) is 0 Å². The number of hydrogen-bond acceptors (Lipinski definition) is 2. The monoisotopic (exact) mass is 465 g/mol. The fraction of sp³-hybridized carbons (Fsp3) is 0.154. The Morgan fingerprint density at radius 1 is 1.26 bits per heavy atom. The molecule has 0 atom stereocenters. The highest BCUT2D eigenvalue weighted by molar-refractivity contribution is 9.12. The summed E-state index contributed by atoms with van der Waals surface area (Å²) in [7, 11) is 0. The highest BCUT2D eigenvalue weighted by Gasteiger charge is 2.15. The van der Waals surface area contributed by atoms with Gasteiger partial charge in [0, 0.05) is 10.2 Å². The largest absolute Gasteiger partial charge is 0.322 e. The average molecular weight is 468 g/mol. The van der Waals surface area contributed by atoms with Crippen molar-refractivity contribution in [2.24, 2.45) is 0 Å². The van der Waals surface area contributed by atoms with Crippen LogP contribution in [0.3, 0.4) is 0 Å². The van der Waals surface area contributed by atoms with Crippen molar-refractivity contribution in [2.45, 2.75) is 13.3 Å². The lowest BCUT2D eigenvalue weighted by Crippen LogP contribution is -2.12. The number of halogens is 3. The molecule has 1 aromatic carbocycles. The zero-order valence-electron chi connectivity index (χ0n) is 9.97. The molecule has 1 amide bonds. The summed E-state index contributed by atoms with van der Waals surface area (Å²) in [4.78, 5) is 12.2. The summed E-state index contributed by atoms with van der Waals surface area (Å²) in [5, 5.41) is 2.96. The van der Waals surface area contributed by atoms with Crippen LogP contribution in [0, 0.1) is 0 Å². The summed E-state index contributed by atoms with van der Waals surface area (Å²) in [6, 6.07) is 7.67. The van der Waals surface area contributed by atoms with E-state index in [0.717, 1.165) is 29.7 Å². The molecule has 1 N–H and O–H groups in total. The Morgan fingerprint density at radius 2 is 2.00 bits per heavy atom. The van der Waals surface area contributed by atoms with Gasteiger partial charge in [-0.25, -0.2) is 0 Å². The van der Waals surface area contributed by atoms with Gasteiger partial charge >= 0.3 is 0 Å². The fourth-order valence-corrected chi connectivity index (χ4v) is 4.86. The molecule has 2 nitrogen and oxygen atoms in total. The van der Waals surface area contributed by atoms with E-state index < -0.39 is 0 Å². The minimum atomic E-state index is -0.106. The van der Waals surface area contributed by atoms with E-state index in [9.17, 15) is 4.79 Å². The number of carbonyl (C=O) groups is 1. The summed E-state index contributed by atoms with van der Waals surface area (Å²) in [5.41, 5.74) is 2.60. The number of carbonyl (C=O) groups excluding carboxylic acids is 1. The zero-order chi connectivity index (χ0) is 14.0. The first-order chi connectivity index (χ1) is 9.01. The maximum atomic E-state index is 12.2. The molecule has 0 fully saturated rings. The molecule has 0 spiro atoms. The minimum Gasteiger partial charge on any atom is -0.322 e. The van der Waals surface area contributed by atoms with E-state index in [1.165, 1.54) is 11.3 Å². The van der Waals surface area contributed by atoms with Crippen LogP contribution in [0.5, 0.6) is 0 Å². The third-order valence-corrected chi connectivity index (χ3v) is 5.43. The van der Waals surface area contributed by atoms with E-state index in [-0.39, 0.29) is 5.91 Å². The second kappa shape index (κ2) is 6.52. The SMILES string of the molecule is CCc1cc(Br)ccc1NC(=O)c1cc(Br)sc1Br. The lowest BCUT2D eigenvalue weighted by atomic mass is 10.1. The van der Waals surface area contributed by atoms with Gasteiger partial charge in [-0.2, -0.15) is 0 Å². The predicted octanol–water partition coefficient (Wildman–Crippen LogP) is 5.85. The molecule has 0 saturated carbocycles. The van der Waals surface area contributed by atoms with Gasteiger partial charge in [-0.3, -0.25) is 4.79 Å². The van der Waals surface area contributed by atoms with Crippen LogP contribution in [0.1, 0.15) is 22.8 Å². The molecule has 0 unspecified atom stereocenters. The number of thiophene rings is 1. The van der Waals surface area contributed by atoms with Crippen molar-refractivity contribution in [2.75, 3.05) is 5.32 Å². The van der Waals surface area contributed by atoms with Crippen molar-refractivity contribution < 1.29 is 4.79 Å². The molecule has 0 aliphatic heterocycles. The summed E-state index contributed by atoms with van der Waals surface area (Å²) in [5.74, 6) is -0.106. The lowest BCUT2D eigenvalue weighted by molar-refractivity contribution is 0.102. The van der Waals surface area contributed by atoms with E-state index in [4.69, 9.17) is 0 Å². The van der Waals surface area contributed by atoms with Gasteiger partial charge < -0.3 is 5.32 Å². The molecule has 1 aromatic heterocycles. The second-order valence-electron chi connectivity index (χ2n) is 3.85. The van der Waals surface area contributed by atoms with Crippen molar-refractivity contribution in [1.29, 1.82) is 0 Å². The molecule has 0 saturated heterocycles. The van der Waals surface area contributed by atoms with Crippen molar-refractivity contribution >= 4 is 70.7 Å². The van der Waals surface area contributed by atoms with Crippen molar-refractivity contribution in [3.05, 3.63) is 47.4 Å². The summed E-state index contributed by atoms with van der Waals surface area (Å²) < 4.78 is 2.77. The Kier molecular flexibility index (Phi) is 5.22. The van der Waals surface area contributed by atoms with E-state index in [1.54, 1.807) is 0 Å². The number of rotatable bonds is 3. The van der Waals surface area contributed by atoms with E-state index in [0.29, 0.717) is 5.56 Å². The third kappa shape index (κ3) is 3.68. The minimum absolute atomic E-state index is 0.106. The smallest absolute Gasteiger partial charge is 0.257 e. The van der Waals surface area contributed by atoms with Gasteiger partial charge in [0.25, 0.3) is 5.91 Å². The Hall–Kier alpha value is -0.170. The van der Waals surface area contributed by atoms with Gasteiger partial charge in [0.1, 0.15) is 0 Å². The zero-order valence-corrected chi connectivity index (χ0v) is 15.5. The molecular formula is C13H10Br3NOS. The number of nitrogens with one attached hydrogen (secondary N) is 1. The third-order valence-electron chi connectivity index (χ3n) is 2.60. The lowest BCUT2D eigenvalue weighted by Gasteiger charge is -2.10. The van der Waals surface area contributed by atoms with Crippen molar-refractivity contribution in [1.82, 2.24) is 0 Å². The highest BCUT2D eigenvalue weighted by Crippen LogP contribution is 2.32. The molecule has 2 aromatic rings. The van der Waals surface area contributed by atoms with E-state index in [2.05, 4.69) is 60.0 Å². The van der Waals surface area contributed by atoms with E-state index in [1.807, 2.05) is 24.3 Å². The fourth-order valence-electron chi connectivity index (χ4n) is 1.66. The average Bonchev–Trinajstić information content (AvgIpc) is 2.70. The predicted molar refractivity (Wildman–Crippen MR) is 91.2 cm³/mol. The molecule has 0 aliphatic rings. The molecule has 0 bridgehead atoms. The number of benzene rings is 1. The highest BCUT2D eigenvalue weighted by atomic mass is 79.9. The maximum absolute atomic E-state index is 12.2. The van der Waals surface area contributed by atoms with Gasteiger partial charge in [0.15, 0.2) is 0 Å². The van der Waals surface area contributed by atoms with Crippen molar-refractivity contribution in [3.63, 3.8) is 0 Å². The van der Waals surface area contributed by atoms with Gasteiger partial charge in [-0.05, 0) is 68.1 Å². The Labute approximate surface area is 141 Å². The van der Waals surface area contributed by atoms with E-state index >= 15 is 0 Å². The van der Waals surface area contributed by atoms with Gasteiger partial charge in [0.05, 0.1) is 13.1 Å². The molecule has 2 rings (SSSR count). The number of amides is 1. The molecule has 19 heavy (non-hydrogen) atoms. The maximum Gasteiger partial charge on any atom is 0.257 e. The van der Waals surface area contributed by atoms with Crippen LogP contribution in [0.2, 0.25) is 0 Å². The first-order valence-corrected chi connectivity index (χ1v) is 8.75. The molecule has 0 radical (unpaired) electrons. The summed E-state index contributed by atoms with van der Waals surface area (Å²) in [6.45, 7) is 2.06. The molecular weight excluding hydrogens is 458 g/mol. The van der Waals surface area contributed by atoms with Gasteiger partial charge in [-0.15, -0.1) is 11.3 Å². The quantitative estimate of drug-likeness (QED) is 0.602. The van der Waals surface area contributed by atoms with Crippen LogP contribution in [0.15, 0.2) is 36.3 Å². The molecule has 100 valence electrons. The standard InChI is InChI=1S/C13H10Br3NOS/c1-2-7-5-8(14)3-4-10(7)17-13(18)9-6-11(15)19-12(9)16/h3-6H,2H2,1H3,(H,17,18). The van der Waals surface area contributed by atoms with Crippen molar-refractivity contribution in [3.8, 4) is 0 Å². The topological polar surface area (TPSA) is 29.1 Å². The Bertz CT molecular complexity index is 624. The van der Waals surface area contributed by atoms with Crippen LogP contribution < -0.4 is 5.32 Å². The summed E-state index contributed by atoms with van der Waals surface area (Å²) in [6.07, 6.45) is 0.865. The van der Waals surface area contributed by atoms with Crippen LogP contribution in [-0.2, 0) is 6.42 Å². The number of anilines is 1. The molecule has 6 heteroatoms.